The molecule has 41 heavy (non-hydrogen) atoms. The number of esters is 1. The van der Waals surface area contributed by atoms with E-state index in [0.717, 1.165) is 16.7 Å². The van der Waals surface area contributed by atoms with E-state index in [9.17, 15) is 14.7 Å². The van der Waals surface area contributed by atoms with Crippen molar-refractivity contribution in [3.05, 3.63) is 131 Å². The Labute approximate surface area is 243 Å². The monoisotopic (exact) mass is 569 g/mol. The Hall–Kier alpha value is -4.76. The fraction of sp³-hybridized carbons (Fsp3) is 0.188. The number of carbonyl (C=O) groups excluding carboxylic acids is 1. The number of hydrogen-bond donors (Lipinski definition) is 2. The zero-order valence-corrected chi connectivity index (χ0v) is 23.9. The number of nitrogens with one attached hydrogen (secondary N) is 1. The van der Waals surface area contributed by atoms with Gasteiger partial charge < -0.3 is 20.0 Å². The van der Waals surface area contributed by atoms with E-state index in [1.165, 1.54) is 11.3 Å². The Morgan fingerprint density at radius 2 is 1.39 bits per heavy atom. The van der Waals surface area contributed by atoms with Crippen molar-refractivity contribution in [1.82, 2.24) is 4.98 Å². The summed E-state index contributed by atoms with van der Waals surface area (Å²) < 4.78 is 5.25. The average molecular weight is 570 g/mol. The van der Waals surface area contributed by atoms with Gasteiger partial charge in [-0.15, -0.1) is 11.3 Å². The Balaban J connectivity index is 1.67. The van der Waals surface area contributed by atoms with Gasteiger partial charge in [0.2, 0.25) is 5.71 Å². The van der Waals surface area contributed by atoms with Gasteiger partial charge in [-0.2, -0.15) is 0 Å². The van der Waals surface area contributed by atoms with Crippen molar-refractivity contribution in [2.24, 2.45) is 5.16 Å². The summed E-state index contributed by atoms with van der Waals surface area (Å²) in [5.74, 6) is -1.98. The van der Waals surface area contributed by atoms with Crippen LogP contribution in [0, 0.1) is 0 Å². The molecule has 8 nitrogen and oxygen atoms in total. The van der Waals surface area contributed by atoms with Crippen molar-refractivity contribution in [1.29, 1.82) is 0 Å². The molecule has 0 saturated heterocycles. The van der Waals surface area contributed by atoms with Crippen LogP contribution in [0.5, 0.6) is 0 Å². The molecule has 0 radical (unpaired) electrons. The van der Waals surface area contributed by atoms with Gasteiger partial charge in [0.05, 0.1) is 5.57 Å². The minimum atomic E-state index is -1.33. The molecule has 0 atom stereocenters. The standard InChI is InChI=1S/C32H31N3O5S/c1-22(29(38)40-31(2,3)4)20-39-35-27(28(36)37)26-21-41-30(33-26)34-32(23-14-8-5-9-15-23,24-16-10-6-11-17-24)25-18-12-7-13-19-25/h5-19,21H,1,20H2,2-4H3,(H,33,34)(H,36,37). The third kappa shape index (κ3) is 7.06. The topological polar surface area (TPSA) is 110 Å². The normalized spacial score (nSPS) is 11.9. The lowest BCUT2D eigenvalue weighted by Crippen LogP contribution is -2.38. The van der Waals surface area contributed by atoms with Crippen LogP contribution < -0.4 is 5.32 Å². The summed E-state index contributed by atoms with van der Waals surface area (Å²) in [6.07, 6.45) is 0. The lowest BCUT2D eigenvalue weighted by molar-refractivity contribution is -0.150. The Morgan fingerprint density at radius 3 is 1.83 bits per heavy atom. The van der Waals surface area contributed by atoms with Crippen LogP contribution in [0.25, 0.3) is 0 Å². The number of carbonyl (C=O) groups is 2. The molecule has 0 aliphatic heterocycles. The van der Waals surface area contributed by atoms with E-state index in [1.807, 2.05) is 91.0 Å². The Bertz CT molecular complexity index is 1430. The van der Waals surface area contributed by atoms with Crippen LogP contribution in [0.2, 0.25) is 0 Å². The first-order valence-corrected chi connectivity index (χ1v) is 13.7. The summed E-state index contributed by atoms with van der Waals surface area (Å²) in [5.41, 5.74) is 1.11. The summed E-state index contributed by atoms with van der Waals surface area (Å²) in [6.45, 7) is 8.51. The van der Waals surface area contributed by atoms with Gasteiger partial charge in [-0.05, 0) is 37.5 Å². The number of nitrogens with zero attached hydrogens (tertiary/aromatic N) is 2. The van der Waals surface area contributed by atoms with Gasteiger partial charge in [0.1, 0.15) is 23.4 Å². The Morgan fingerprint density at radius 1 is 0.902 bits per heavy atom. The minimum absolute atomic E-state index is 0.00687. The molecule has 2 N–H and O–H groups in total. The second kappa shape index (κ2) is 12.6. The maximum absolute atomic E-state index is 12.1. The van der Waals surface area contributed by atoms with Gasteiger partial charge in [0, 0.05) is 5.38 Å². The molecule has 1 heterocycles. The molecule has 4 aromatic rings. The number of carboxylic acid groups (broad SMARTS) is 1. The highest BCUT2D eigenvalue weighted by Gasteiger charge is 2.37. The van der Waals surface area contributed by atoms with Crippen molar-refractivity contribution in [3.8, 4) is 0 Å². The molecule has 0 aliphatic carbocycles. The summed E-state index contributed by atoms with van der Waals surface area (Å²) in [7, 11) is 0. The number of oxime groups is 1. The van der Waals surface area contributed by atoms with Crippen LogP contribution in [-0.2, 0) is 24.7 Å². The smallest absolute Gasteiger partial charge is 0.360 e. The predicted octanol–water partition coefficient (Wildman–Crippen LogP) is 6.25. The van der Waals surface area contributed by atoms with Crippen molar-refractivity contribution in [3.63, 3.8) is 0 Å². The maximum atomic E-state index is 12.1. The summed E-state index contributed by atoms with van der Waals surface area (Å²) in [6, 6.07) is 30.0. The van der Waals surface area contributed by atoms with Gasteiger partial charge in [0.15, 0.2) is 5.13 Å². The zero-order valence-electron chi connectivity index (χ0n) is 23.0. The molecule has 3 aromatic carbocycles. The van der Waals surface area contributed by atoms with Crippen LogP contribution in [0.3, 0.4) is 0 Å². The molecule has 210 valence electrons. The van der Waals surface area contributed by atoms with E-state index in [2.05, 4.69) is 22.0 Å². The lowest BCUT2D eigenvalue weighted by atomic mass is 9.77. The largest absolute Gasteiger partial charge is 0.476 e. The fourth-order valence-electron chi connectivity index (χ4n) is 4.16. The van der Waals surface area contributed by atoms with Crippen LogP contribution >= 0.6 is 11.3 Å². The van der Waals surface area contributed by atoms with Crippen LogP contribution in [0.15, 0.2) is 114 Å². The zero-order chi connectivity index (χ0) is 29.5. The summed E-state index contributed by atoms with van der Waals surface area (Å²) in [5, 5.41) is 19.3. The third-order valence-electron chi connectivity index (χ3n) is 5.95. The molecular formula is C32H31N3O5S. The second-order valence-electron chi connectivity index (χ2n) is 10.1. The summed E-state index contributed by atoms with van der Waals surface area (Å²) >= 11 is 1.24. The van der Waals surface area contributed by atoms with Gasteiger partial charge in [-0.25, -0.2) is 14.6 Å². The number of thiazole rings is 1. The predicted molar refractivity (Wildman–Crippen MR) is 160 cm³/mol. The van der Waals surface area contributed by atoms with Gasteiger partial charge in [0.25, 0.3) is 0 Å². The van der Waals surface area contributed by atoms with E-state index in [-0.39, 0.29) is 17.9 Å². The SMILES string of the molecule is C=C(CON=C(C(=O)O)c1csc(NC(c2ccccc2)(c2ccccc2)c2ccccc2)n1)C(=O)OC(C)(C)C. The average Bonchev–Trinajstić information content (AvgIpc) is 3.42. The highest BCUT2D eigenvalue weighted by molar-refractivity contribution is 7.14. The Kier molecular flexibility index (Phi) is 8.99. The number of anilines is 1. The van der Waals surface area contributed by atoms with E-state index in [0.29, 0.717) is 5.13 Å². The van der Waals surface area contributed by atoms with Gasteiger partial charge in [-0.3, -0.25) is 0 Å². The fourth-order valence-corrected chi connectivity index (χ4v) is 4.91. The first-order valence-electron chi connectivity index (χ1n) is 12.8. The van der Waals surface area contributed by atoms with Crippen molar-refractivity contribution in [2.45, 2.75) is 31.9 Å². The second-order valence-corrected chi connectivity index (χ2v) is 11.0. The number of aromatic nitrogens is 1. The number of carboxylic acids is 1. The number of hydrogen-bond acceptors (Lipinski definition) is 8. The van der Waals surface area contributed by atoms with E-state index < -0.39 is 28.8 Å². The van der Waals surface area contributed by atoms with Crippen LogP contribution in [0.4, 0.5) is 5.13 Å². The van der Waals surface area contributed by atoms with E-state index >= 15 is 0 Å². The number of ether oxygens (including phenoxy) is 1. The molecule has 4 rings (SSSR count). The third-order valence-corrected chi connectivity index (χ3v) is 6.70. The first-order chi connectivity index (χ1) is 19.6. The van der Waals surface area contributed by atoms with Crippen LogP contribution in [0.1, 0.15) is 43.2 Å². The summed E-state index contributed by atoms with van der Waals surface area (Å²) in [4.78, 5) is 34.0. The quantitative estimate of drug-likeness (QED) is 0.0722. The number of aliphatic carboxylic acids is 1. The van der Waals surface area contributed by atoms with Crippen molar-refractivity contribution >= 4 is 34.1 Å². The highest BCUT2D eigenvalue weighted by atomic mass is 32.1. The molecular weight excluding hydrogens is 538 g/mol. The van der Waals surface area contributed by atoms with E-state index in [1.54, 1.807) is 26.2 Å². The first kappa shape index (κ1) is 29.2. The molecule has 0 fully saturated rings. The minimum Gasteiger partial charge on any atom is -0.476 e. The number of benzene rings is 3. The van der Waals surface area contributed by atoms with Gasteiger partial charge in [-0.1, -0.05) is 103 Å². The van der Waals surface area contributed by atoms with Gasteiger partial charge >= 0.3 is 11.9 Å². The lowest BCUT2D eigenvalue weighted by Gasteiger charge is -2.36. The number of rotatable bonds is 11. The molecule has 1 aromatic heterocycles. The highest BCUT2D eigenvalue weighted by Crippen LogP contribution is 2.40. The molecule has 9 heteroatoms. The maximum Gasteiger partial charge on any atom is 0.360 e. The molecule has 0 unspecified atom stereocenters. The van der Waals surface area contributed by atoms with E-state index in [4.69, 9.17) is 9.57 Å². The molecule has 0 saturated carbocycles. The molecule has 0 bridgehead atoms. The molecule has 0 spiro atoms. The van der Waals surface area contributed by atoms with Crippen molar-refractivity contribution < 1.29 is 24.3 Å². The molecule has 0 amide bonds. The van der Waals surface area contributed by atoms with Crippen molar-refractivity contribution in [2.75, 3.05) is 11.9 Å². The van der Waals surface area contributed by atoms with Crippen LogP contribution in [-0.4, -0.2) is 39.9 Å². The molecule has 0 aliphatic rings.